The van der Waals surface area contributed by atoms with Crippen LogP contribution in [0, 0.1) is 0 Å². The molecular weight excluding hydrogens is 496 g/mol. The number of anilines is 2. The molecule has 2 aromatic carbocycles. The largest absolute Gasteiger partial charge is 0.490 e. The summed E-state index contributed by atoms with van der Waals surface area (Å²) in [5.74, 6) is -2.63. The Morgan fingerprint density at radius 2 is 1.72 bits per heavy atom. The standard InChI is InChI=1S/C20H20F3N5O.C2HF3O2/c1-11(13-6-4-3-5-7-13)28-10-14-8-15-17(9-16(14)25-19(28)29)26-27-18(15)24-12(2)20(21,22)23;3-2(4,5)1(6)7/h3-9,11-12H,10H2,1-2H3,(H,25,29)(H2,24,26,27);(H,6,7)/t11-,12+;/m1./s1. The summed E-state index contributed by atoms with van der Waals surface area (Å²) >= 11 is 0. The van der Waals surface area contributed by atoms with Gasteiger partial charge in [0.25, 0.3) is 0 Å². The van der Waals surface area contributed by atoms with E-state index < -0.39 is 24.4 Å². The fourth-order valence-electron chi connectivity index (χ4n) is 3.42. The van der Waals surface area contributed by atoms with Gasteiger partial charge in [-0.25, -0.2) is 9.59 Å². The van der Waals surface area contributed by atoms with Gasteiger partial charge in [-0.2, -0.15) is 31.4 Å². The van der Waals surface area contributed by atoms with Crippen molar-refractivity contribution in [3.63, 3.8) is 0 Å². The molecule has 0 fully saturated rings. The molecule has 1 aliphatic rings. The average Bonchev–Trinajstić information content (AvgIpc) is 3.17. The molecule has 0 radical (unpaired) electrons. The maximum absolute atomic E-state index is 12.9. The molecule has 8 nitrogen and oxygen atoms in total. The van der Waals surface area contributed by atoms with Crippen molar-refractivity contribution in [3.8, 4) is 0 Å². The second kappa shape index (κ2) is 9.95. The Morgan fingerprint density at radius 3 is 2.28 bits per heavy atom. The number of urea groups is 1. The van der Waals surface area contributed by atoms with E-state index in [1.165, 1.54) is 0 Å². The molecule has 36 heavy (non-hydrogen) atoms. The minimum Gasteiger partial charge on any atom is -0.475 e. The summed E-state index contributed by atoms with van der Waals surface area (Å²) in [6.45, 7) is 3.32. The van der Waals surface area contributed by atoms with E-state index in [1.807, 2.05) is 37.3 Å². The van der Waals surface area contributed by atoms with E-state index in [2.05, 4.69) is 20.8 Å². The number of aliphatic carboxylic acids is 1. The molecule has 0 bridgehead atoms. The molecule has 0 saturated heterocycles. The first-order valence-electron chi connectivity index (χ1n) is 10.5. The Kier molecular flexibility index (Phi) is 7.36. The Morgan fingerprint density at radius 1 is 1.11 bits per heavy atom. The third-order valence-corrected chi connectivity index (χ3v) is 5.47. The molecule has 2 amide bonds. The predicted octanol–water partition coefficient (Wildman–Crippen LogP) is 5.67. The summed E-state index contributed by atoms with van der Waals surface area (Å²) in [7, 11) is 0. The van der Waals surface area contributed by atoms with Crippen molar-refractivity contribution >= 4 is 34.4 Å². The first-order valence-corrected chi connectivity index (χ1v) is 10.5. The molecule has 2 atom stereocenters. The van der Waals surface area contributed by atoms with Gasteiger partial charge in [0.05, 0.1) is 18.1 Å². The second-order valence-electron chi connectivity index (χ2n) is 7.98. The normalized spacial score (nSPS) is 15.3. The van der Waals surface area contributed by atoms with Gasteiger partial charge in [-0.1, -0.05) is 30.3 Å². The zero-order valence-corrected chi connectivity index (χ0v) is 18.8. The number of alkyl halides is 6. The summed E-state index contributed by atoms with van der Waals surface area (Å²) in [6.07, 6.45) is -9.46. The zero-order chi connectivity index (χ0) is 26.8. The highest BCUT2D eigenvalue weighted by molar-refractivity contribution is 5.99. The summed E-state index contributed by atoms with van der Waals surface area (Å²) in [4.78, 5) is 23.2. The number of rotatable bonds is 4. The van der Waals surface area contributed by atoms with Gasteiger partial charge in [-0.3, -0.25) is 5.10 Å². The van der Waals surface area contributed by atoms with Crippen LogP contribution < -0.4 is 10.6 Å². The van der Waals surface area contributed by atoms with E-state index >= 15 is 0 Å². The van der Waals surface area contributed by atoms with Crippen LogP contribution in [0.25, 0.3) is 10.9 Å². The van der Waals surface area contributed by atoms with Crippen molar-refractivity contribution < 1.29 is 41.0 Å². The van der Waals surface area contributed by atoms with Crippen LogP contribution in [-0.2, 0) is 11.3 Å². The molecule has 4 rings (SSSR count). The summed E-state index contributed by atoms with van der Waals surface area (Å²) < 4.78 is 70.4. The molecule has 0 aliphatic carbocycles. The highest BCUT2D eigenvalue weighted by atomic mass is 19.4. The molecule has 0 spiro atoms. The van der Waals surface area contributed by atoms with Crippen LogP contribution in [0.1, 0.15) is 31.0 Å². The van der Waals surface area contributed by atoms with Crippen LogP contribution in [0.4, 0.5) is 42.6 Å². The SMILES string of the molecule is C[C@H](c1ccccc1)N1Cc2cc3c(N[C@@H](C)C(F)(F)F)n[nH]c3cc2NC1=O.O=C(O)C(F)(F)F. The maximum Gasteiger partial charge on any atom is 0.490 e. The monoisotopic (exact) mass is 517 g/mol. The molecular formula is C22H21F6N5O3. The number of halogens is 6. The number of amides is 2. The van der Waals surface area contributed by atoms with Gasteiger partial charge in [-0.05, 0) is 37.1 Å². The number of hydrogen-bond acceptors (Lipinski definition) is 4. The first-order chi connectivity index (χ1) is 16.7. The van der Waals surface area contributed by atoms with Crippen LogP contribution in [-0.4, -0.2) is 50.6 Å². The molecule has 1 aromatic heterocycles. The number of aromatic amines is 1. The van der Waals surface area contributed by atoms with Crippen LogP contribution in [0.15, 0.2) is 42.5 Å². The van der Waals surface area contributed by atoms with Crippen molar-refractivity contribution in [3.05, 3.63) is 53.6 Å². The molecule has 194 valence electrons. The first kappa shape index (κ1) is 26.6. The lowest BCUT2D eigenvalue weighted by Crippen LogP contribution is -2.40. The average molecular weight is 517 g/mol. The van der Waals surface area contributed by atoms with Crippen molar-refractivity contribution in [2.75, 3.05) is 10.6 Å². The summed E-state index contributed by atoms with van der Waals surface area (Å²) in [5.41, 5.74) is 2.98. The van der Waals surface area contributed by atoms with E-state index in [-0.39, 0.29) is 17.9 Å². The summed E-state index contributed by atoms with van der Waals surface area (Å²) in [6, 6.07) is 11.0. The van der Waals surface area contributed by atoms with E-state index in [0.29, 0.717) is 23.1 Å². The number of nitrogens with one attached hydrogen (secondary N) is 3. The highest BCUT2D eigenvalue weighted by Gasteiger charge is 2.38. The van der Waals surface area contributed by atoms with E-state index in [1.54, 1.807) is 17.0 Å². The Bertz CT molecular complexity index is 1240. The highest BCUT2D eigenvalue weighted by Crippen LogP contribution is 2.35. The number of benzene rings is 2. The number of aromatic nitrogens is 2. The molecule has 0 saturated carbocycles. The molecule has 4 N–H and O–H groups in total. The van der Waals surface area contributed by atoms with Gasteiger partial charge in [0.2, 0.25) is 0 Å². The molecule has 0 unspecified atom stereocenters. The molecule has 2 heterocycles. The van der Waals surface area contributed by atoms with Crippen LogP contribution in [0.2, 0.25) is 0 Å². The Hall–Kier alpha value is -3.97. The van der Waals surface area contributed by atoms with Crippen molar-refractivity contribution in [1.82, 2.24) is 15.1 Å². The van der Waals surface area contributed by atoms with E-state index in [4.69, 9.17) is 9.90 Å². The minimum absolute atomic E-state index is 0.132. The van der Waals surface area contributed by atoms with E-state index in [0.717, 1.165) is 18.1 Å². The summed E-state index contributed by atoms with van der Waals surface area (Å²) in [5, 5.41) is 19.7. The number of nitrogens with zero attached hydrogens (tertiary/aromatic N) is 2. The van der Waals surface area contributed by atoms with Gasteiger partial charge in [0.15, 0.2) is 5.82 Å². The Labute approximate surface area is 200 Å². The lowest BCUT2D eigenvalue weighted by atomic mass is 10.0. The molecule has 14 heteroatoms. The quantitative estimate of drug-likeness (QED) is 0.334. The molecule has 3 aromatic rings. The third kappa shape index (κ3) is 5.98. The van der Waals surface area contributed by atoms with Crippen LogP contribution in [0.3, 0.4) is 0 Å². The minimum atomic E-state index is -5.08. The van der Waals surface area contributed by atoms with Gasteiger partial charge >= 0.3 is 24.4 Å². The topological polar surface area (TPSA) is 110 Å². The van der Waals surface area contributed by atoms with Gasteiger partial charge < -0.3 is 20.6 Å². The van der Waals surface area contributed by atoms with Crippen molar-refractivity contribution in [2.45, 2.75) is 44.8 Å². The van der Waals surface area contributed by atoms with Crippen LogP contribution >= 0.6 is 0 Å². The third-order valence-electron chi connectivity index (χ3n) is 5.47. The number of fused-ring (bicyclic) bond motifs is 2. The molecule has 1 aliphatic heterocycles. The Balaban J connectivity index is 0.000000454. The number of carbonyl (C=O) groups excluding carboxylic acids is 1. The van der Waals surface area contributed by atoms with Gasteiger partial charge in [0, 0.05) is 11.1 Å². The van der Waals surface area contributed by atoms with Crippen molar-refractivity contribution in [2.24, 2.45) is 0 Å². The predicted molar refractivity (Wildman–Crippen MR) is 118 cm³/mol. The lowest BCUT2D eigenvalue weighted by Gasteiger charge is -2.34. The number of carboxylic acid groups (broad SMARTS) is 1. The van der Waals surface area contributed by atoms with Gasteiger partial charge in [0.1, 0.15) is 6.04 Å². The number of carbonyl (C=O) groups is 2. The number of H-pyrrole nitrogens is 1. The lowest BCUT2D eigenvalue weighted by molar-refractivity contribution is -0.192. The zero-order valence-electron chi connectivity index (χ0n) is 18.8. The number of hydrogen-bond donors (Lipinski definition) is 4. The van der Waals surface area contributed by atoms with E-state index in [9.17, 15) is 31.1 Å². The smallest absolute Gasteiger partial charge is 0.475 e. The van der Waals surface area contributed by atoms with Crippen LogP contribution in [0.5, 0.6) is 0 Å². The number of carboxylic acids is 1. The fraction of sp³-hybridized carbons (Fsp3) is 0.318. The van der Waals surface area contributed by atoms with Crippen molar-refractivity contribution in [1.29, 1.82) is 0 Å². The second-order valence-corrected chi connectivity index (χ2v) is 7.98. The maximum atomic E-state index is 12.9. The van der Waals surface area contributed by atoms with Gasteiger partial charge in [-0.15, -0.1) is 0 Å². The fourth-order valence-corrected chi connectivity index (χ4v) is 3.42.